The minimum Gasteiger partial charge on any atom is -0.495 e. The van der Waals surface area contributed by atoms with Gasteiger partial charge in [-0.15, -0.1) is 0 Å². The first-order chi connectivity index (χ1) is 10.8. The van der Waals surface area contributed by atoms with Gasteiger partial charge < -0.3 is 4.74 Å². The second kappa shape index (κ2) is 7.18. The molecule has 0 radical (unpaired) electrons. The molecule has 8 heteroatoms. The largest absolute Gasteiger partial charge is 0.495 e. The summed E-state index contributed by atoms with van der Waals surface area (Å²) in [5.74, 6) is 0.402. The molecule has 0 unspecified atom stereocenters. The predicted octanol–water partition coefficient (Wildman–Crippen LogP) is 4.87. The Bertz CT molecular complexity index is 804. The molecule has 0 fully saturated rings. The van der Waals surface area contributed by atoms with E-state index in [4.69, 9.17) is 39.5 Å². The summed E-state index contributed by atoms with van der Waals surface area (Å²) < 4.78 is 32.0. The highest BCUT2D eigenvalue weighted by molar-refractivity contribution is 7.92. The van der Waals surface area contributed by atoms with Crippen LogP contribution in [-0.2, 0) is 10.0 Å². The van der Waals surface area contributed by atoms with E-state index in [1.54, 1.807) is 19.1 Å². The zero-order valence-corrected chi connectivity index (χ0v) is 15.5. The fourth-order valence-electron chi connectivity index (χ4n) is 2.11. The average Bonchev–Trinajstić information content (AvgIpc) is 2.46. The predicted molar refractivity (Wildman–Crippen MR) is 94.7 cm³/mol. The summed E-state index contributed by atoms with van der Waals surface area (Å²) in [6.07, 6.45) is 0. The highest BCUT2D eigenvalue weighted by Crippen LogP contribution is 2.32. The molecule has 2 rings (SSSR count). The summed E-state index contributed by atoms with van der Waals surface area (Å²) in [6.45, 7) is 1.93. The van der Waals surface area contributed by atoms with Crippen molar-refractivity contribution in [1.82, 2.24) is 0 Å². The van der Waals surface area contributed by atoms with Crippen LogP contribution in [0.15, 0.2) is 41.3 Å². The van der Waals surface area contributed by atoms with Crippen molar-refractivity contribution in [3.8, 4) is 5.75 Å². The third-order valence-electron chi connectivity index (χ3n) is 3.13. The Hall–Kier alpha value is -1.14. The van der Waals surface area contributed by atoms with Crippen molar-refractivity contribution in [2.75, 3.05) is 18.0 Å². The molecule has 0 amide bonds. The number of anilines is 1. The van der Waals surface area contributed by atoms with E-state index in [1.165, 1.54) is 35.7 Å². The van der Waals surface area contributed by atoms with Crippen molar-refractivity contribution in [1.29, 1.82) is 0 Å². The molecule has 0 saturated heterocycles. The van der Waals surface area contributed by atoms with E-state index in [1.807, 2.05) is 0 Å². The molecular weight excluding hydrogens is 381 g/mol. The molecule has 0 aliphatic carbocycles. The van der Waals surface area contributed by atoms with Crippen LogP contribution >= 0.6 is 34.8 Å². The second-order valence-electron chi connectivity index (χ2n) is 4.59. The Morgan fingerprint density at radius 2 is 1.65 bits per heavy atom. The molecule has 0 spiro atoms. The molecule has 0 saturated carbocycles. The molecule has 0 atom stereocenters. The summed E-state index contributed by atoms with van der Waals surface area (Å²) in [5, 5.41) is 0.927. The van der Waals surface area contributed by atoms with Gasteiger partial charge in [0.05, 0.1) is 22.7 Å². The van der Waals surface area contributed by atoms with Crippen LogP contribution in [0.1, 0.15) is 6.92 Å². The van der Waals surface area contributed by atoms with Crippen molar-refractivity contribution in [3.05, 3.63) is 51.5 Å². The van der Waals surface area contributed by atoms with E-state index in [2.05, 4.69) is 0 Å². The van der Waals surface area contributed by atoms with Crippen LogP contribution in [0.25, 0.3) is 0 Å². The molecule has 0 aliphatic heterocycles. The Morgan fingerprint density at radius 1 is 1.04 bits per heavy atom. The van der Waals surface area contributed by atoms with Crippen LogP contribution in [-0.4, -0.2) is 22.1 Å². The summed E-state index contributed by atoms with van der Waals surface area (Å²) in [4.78, 5) is 0.0567. The Balaban J connectivity index is 2.53. The van der Waals surface area contributed by atoms with Crippen molar-refractivity contribution in [2.45, 2.75) is 11.8 Å². The van der Waals surface area contributed by atoms with Gasteiger partial charge in [0.1, 0.15) is 5.75 Å². The van der Waals surface area contributed by atoms with E-state index in [0.717, 1.165) is 0 Å². The van der Waals surface area contributed by atoms with Gasteiger partial charge in [-0.3, -0.25) is 4.31 Å². The standard InChI is InChI=1S/C15H14Cl3NO3S/c1-3-19(12-7-10(16)6-11(17)8-12)23(20,21)13-4-5-15(22-2)14(18)9-13/h4-9H,3H2,1-2H3. The third-order valence-corrected chi connectivity index (χ3v) is 5.76. The van der Waals surface area contributed by atoms with Crippen LogP contribution in [0.5, 0.6) is 5.75 Å². The fourth-order valence-corrected chi connectivity index (χ4v) is 4.43. The second-order valence-corrected chi connectivity index (χ2v) is 7.74. The van der Waals surface area contributed by atoms with Crippen LogP contribution in [0.4, 0.5) is 5.69 Å². The zero-order valence-electron chi connectivity index (χ0n) is 12.4. The number of benzene rings is 2. The Morgan fingerprint density at radius 3 is 2.13 bits per heavy atom. The summed E-state index contributed by atoms with van der Waals surface area (Å²) in [7, 11) is -2.35. The van der Waals surface area contributed by atoms with Gasteiger partial charge in [0.25, 0.3) is 10.0 Å². The first kappa shape index (κ1) is 18.2. The number of sulfonamides is 1. The number of rotatable bonds is 5. The van der Waals surface area contributed by atoms with Gasteiger partial charge in [0.15, 0.2) is 0 Å². The highest BCUT2D eigenvalue weighted by atomic mass is 35.5. The monoisotopic (exact) mass is 393 g/mol. The SMILES string of the molecule is CCN(c1cc(Cl)cc(Cl)c1)S(=O)(=O)c1ccc(OC)c(Cl)c1. The van der Waals surface area contributed by atoms with E-state index in [-0.39, 0.29) is 16.5 Å². The first-order valence-corrected chi connectivity index (χ1v) is 9.19. The quantitative estimate of drug-likeness (QED) is 0.727. The van der Waals surface area contributed by atoms with Crippen molar-refractivity contribution >= 4 is 50.5 Å². The molecule has 2 aromatic rings. The van der Waals surface area contributed by atoms with Crippen LogP contribution < -0.4 is 9.04 Å². The minimum atomic E-state index is -3.81. The van der Waals surface area contributed by atoms with Gasteiger partial charge in [-0.1, -0.05) is 34.8 Å². The normalized spacial score (nSPS) is 11.3. The highest BCUT2D eigenvalue weighted by Gasteiger charge is 2.25. The maximum atomic E-state index is 12.9. The molecule has 0 aromatic heterocycles. The van der Waals surface area contributed by atoms with E-state index in [0.29, 0.717) is 21.5 Å². The fraction of sp³-hybridized carbons (Fsp3) is 0.200. The summed E-state index contributed by atoms with van der Waals surface area (Å²) in [5.41, 5.74) is 0.386. The number of hydrogen-bond donors (Lipinski definition) is 0. The average molecular weight is 395 g/mol. The maximum Gasteiger partial charge on any atom is 0.264 e. The number of nitrogens with zero attached hydrogens (tertiary/aromatic N) is 1. The molecule has 23 heavy (non-hydrogen) atoms. The van der Waals surface area contributed by atoms with Gasteiger partial charge in [0, 0.05) is 16.6 Å². The maximum absolute atomic E-state index is 12.9. The van der Waals surface area contributed by atoms with Gasteiger partial charge in [-0.25, -0.2) is 8.42 Å². The number of ether oxygens (including phenoxy) is 1. The summed E-state index contributed by atoms with van der Waals surface area (Å²) >= 11 is 18.0. The molecule has 0 N–H and O–H groups in total. The molecule has 0 heterocycles. The Kier molecular flexibility index (Phi) is 5.68. The van der Waals surface area contributed by atoms with Gasteiger partial charge in [-0.2, -0.15) is 0 Å². The lowest BCUT2D eigenvalue weighted by atomic mass is 10.3. The number of methoxy groups -OCH3 is 1. The third kappa shape index (κ3) is 3.86. The van der Waals surface area contributed by atoms with Crippen molar-refractivity contribution in [3.63, 3.8) is 0 Å². The van der Waals surface area contributed by atoms with Crippen LogP contribution in [0.3, 0.4) is 0 Å². The molecule has 4 nitrogen and oxygen atoms in total. The van der Waals surface area contributed by atoms with Gasteiger partial charge >= 0.3 is 0 Å². The first-order valence-electron chi connectivity index (χ1n) is 6.62. The summed E-state index contributed by atoms with van der Waals surface area (Å²) in [6, 6.07) is 8.92. The van der Waals surface area contributed by atoms with E-state index >= 15 is 0 Å². The smallest absolute Gasteiger partial charge is 0.264 e. The molecule has 124 valence electrons. The van der Waals surface area contributed by atoms with Crippen molar-refractivity contribution in [2.24, 2.45) is 0 Å². The van der Waals surface area contributed by atoms with Gasteiger partial charge in [0.2, 0.25) is 0 Å². The molecule has 2 aromatic carbocycles. The van der Waals surface area contributed by atoms with Gasteiger partial charge in [-0.05, 0) is 43.3 Å². The van der Waals surface area contributed by atoms with Crippen molar-refractivity contribution < 1.29 is 13.2 Å². The van der Waals surface area contributed by atoms with E-state index in [9.17, 15) is 8.42 Å². The molecular formula is C15H14Cl3NO3S. The lowest BCUT2D eigenvalue weighted by molar-refractivity contribution is 0.414. The minimum absolute atomic E-state index is 0.0567. The zero-order chi connectivity index (χ0) is 17.2. The van der Waals surface area contributed by atoms with E-state index < -0.39 is 10.0 Å². The lowest BCUT2D eigenvalue weighted by Gasteiger charge is -2.23. The number of halogens is 3. The number of hydrogen-bond acceptors (Lipinski definition) is 3. The molecule has 0 bridgehead atoms. The topological polar surface area (TPSA) is 46.6 Å². The van der Waals surface area contributed by atoms with Crippen LogP contribution in [0, 0.1) is 0 Å². The molecule has 0 aliphatic rings. The lowest BCUT2D eigenvalue weighted by Crippen LogP contribution is -2.30. The van der Waals surface area contributed by atoms with Crippen LogP contribution in [0.2, 0.25) is 15.1 Å². The Labute approximate surface area is 150 Å².